The second-order valence-electron chi connectivity index (χ2n) is 3.43. The van der Waals surface area contributed by atoms with Crippen molar-refractivity contribution in [2.45, 2.75) is 6.92 Å². The van der Waals surface area contributed by atoms with E-state index < -0.39 is 5.82 Å². The molecule has 0 aliphatic heterocycles. The highest BCUT2D eigenvalue weighted by Crippen LogP contribution is 2.28. The molecule has 0 radical (unpaired) electrons. The summed E-state index contributed by atoms with van der Waals surface area (Å²) in [7, 11) is 0. The minimum atomic E-state index is -0.609. The number of hydrogen-bond donors (Lipinski definition) is 1. The molecule has 0 atom stereocenters. The fraction of sp³-hybridized carbons (Fsp3) is 0.167. The van der Waals surface area contributed by atoms with Crippen LogP contribution >= 0.6 is 11.6 Å². The van der Waals surface area contributed by atoms with E-state index >= 15 is 0 Å². The summed E-state index contributed by atoms with van der Waals surface area (Å²) in [5.74, 6) is 0.290. The van der Waals surface area contributed by atoms with Gasteiger partial charge in [-0.15, -0.1) is 0 Å². The summed E-state index contributed by atoms with van der Waals surface area (Å²) in [6.45, 7) is 2.67. The average molecular weight is 268 g/mol. The maximum atomic E-state index is 13.6. The van der Waals surface area contributed by atoms with Crippen LogP contribution in [0.4, 0.5) is 10.2 Å². The van der Waals surface area contributed by atoms with E-state index in [1.54, 1.807) is 12.1 Å². The summed E-state index contributed by atoms with van der Waals surface area (Å²) in [5, 5.41) is 3.02. The van der Waals surface area contributed by atoms with Crippen molar-refractivity contribution in [3.63, 3.8) is 0 Å². The SMILES string of the molecule is CCNc1cc(Oc2cccc(Cl)c2F)ncn1. The van der Waals surface area contributed by atoms with Crippen LogP contribution in [0.25, 0.3) is 0 Å². The Kier molecular flexibility index (Phi) is 3.94. The number of ether oxygens (including phenoxy) is 1. The van der Waals surface area contributed by atoms with Crippen LogP contribution in [0, 0.1) is 5.82 Å². The van der Waals surface area contributed by atoms with E-state index in [4.69, 9.17) is 16.3 Å². The second kappa shape index (κ2) is 5.64. The molecule has 0 saturated heterocycles. The third-order valence-corrected chi connectivity index (χ3v) is 2.42. The number of rotatable bonds is 4. The van der Waals surface area contributed by atoms with Gasteiger partial charge in [-0.1, -0.05) is 17.7 Å². The Morgan fingerprint density at radius 3 is 3.00 bits per heavy atom. The minimum absolute atomic E-state index is 0.00784. The zero-order valence-electron chi connectivity index (χ0n) is 9.65. The Morgan fingerprint density at radius 2 is 2.22 bits per heavy atom. The van der Waals surface area contributed by atoms with Gasteiger partial charge in [0.05, 0.1) is 5.02 Å². The zero-order valence-corrected chi connectivity index (χ0v) is 10.4. The van der Waals surface area contributed by atoms with Crippen LogP contribution in [0.3, 0.4) is 0 Å². The van der Waals surface area contributed by atoms with Crippen LogP contribution in [-0.2, 0) is 0 Å². The first-order valence-electron chi connectivity index (χ1n) is 5.38. The Labute approximate surface area is 109 Å². The molecular formula is C12H11ClFN3O. The third kappa shape index (κ3) is 2.87. The van der Waals surface area contributed by atoms with Crippen molar-refractivity contribution in [3.05, 3.63) is 41.4 Å². The second-order valence-corrected chi connectivity index (χ2v) is 3.83. The molecule has 1 heterocycles. The van der Waals surface area contributed by atoms with E-state index in [9.17, 15) is 4.39 Å². The van der Waals surface area contributed by atoms with Crippen molar-refractivity contribution in [2.24, 2.45) is 0 Å². The van der Waals surface area contributed by atoms with E-state index in [0.717, 1.165) is 6.54 Å². The highest BCUT2D eigenvalue weighted by molar-refractivity contribution is 6.30. The van der Waals surface area contributed by atoms with Gasteiger partial charge in [0, 0.05) is 12.6 Å². The first-order valence-corrected chi connectivity index (χ1v) is 5.76. The summed E-state index contributed by atoms with van der Waals surface area (Å²) in [4.78, 5) is 7.89. The van der Waals surface area contributed by atoms with Gasteiger partial charge in [-0.2, -0.15) is 0 Å². The highest BCUT2D eigenvalue weighted by Gasteiger charge is 2.09. The summed E-state index contributed by atoms with van der Waals surface area (Å²) >= 11 is 5.66. The van der Waals surface area contributed by atoms with Crippen molar-refractivity contribution in [3.8, 4) is 11.6 Å². The van der Waals surface area contributed by atoms with E-state index in [0.29, 0.717) is 5.82 Å². The molecule has 94 valence electrons. The van der Waals surface area contributed by atoms with Gasteiger partial charge in [-0.3, -0.25) is 0 Å². The van der Waals surface area contributed by atoms with Crippen LogP contribution in [0.1, 0.15) is 6.92 Å². The quantitative estimate of drug-likeness (QED) is 0.921. The Morgan fingerprint density at radius 1 is 1.39 bits per heavy atom. The maximum absolute atomic E-state index is 13.6. The molecule has 1 aromatic carbocycles. The molecule has 2 rings (SSSR count). The Bertz CT molecular complexity index is 551. The van der Waals surface area contributed by atoms with Gasteiger partial charge in [-0.25, -0.2) is 14.4 Å². The van der Waals surface area contributed by atoms with Crippen molar-refractivity contribution < 1.29 is 9.13 Å². The predicted molar refractivity (Wildman–Crippen MR) is 67.7 cm³/mol. The lowest BCUT2D eigenvalue weighted by Gasteiger charge is -2.07. The fourth-order valence-corrected chi connectivity index (χ4v) is 1.51. The van der Waals surface area contributed by atoms with Crippen molar-refractivity contribution in [1.82, 2.24) is 9.97 Å². The van der Waals surface area contributed by atoms with Gasteiger partial charge < -0.3 is 10.1 Å². The maximum Gasteiger partial charge on any atom is 0.224 e. The van der Waals surface area contributed by atoms with Crippen molar-refractivity contribution in [2.75, 3.05) is 11.9 Å². The average Bonchev–Trinajstić information content (AvgIpc) is 2.36. The molecule has 0 saturated carbocycles. The van der Waals surface area contributed by atoms with Gasteiger partial charge in [0.15, 0.2) is 11.6 Å². The van der Waals surface area contributed by atoms with Gasteiger partial charge >= 0.3 is 0 Å². The summed E-state index contributed by atoms with van der Waals surface area (Å²) in [5.41, 5.74) is 0. The van der Waals surface area contributed by atoms with Crippen LogP contribution in [0.15, 0.2) is 30.6 Å². The molecule has 0 fully saturated rings. The summed E-state index contributed by atoms with van der Waals surface area (Å²) in [6.07, 6.45) is 1.34. The summed E-state index contributed by atoms with van der Waals surface area (Å²) < 4.78 is 18.9. The molecule has 18 heavy (non-hydrogen) atoms. The number of anilines is 1. The highest BCUT2D eigenvalue weighted by atomic mass is 35.5. The minimum Gasteiger partial charge on any atom is -0.436 e. The van der Waals surface area contributed by atoms with Crippen LogP contribution < -0.4 is 10.1 Å². The van der Waals surface area contributed by atoms with E-state index in [-0.39, 0.29) is 16.7 Å². The topological polar surface area (TPSA) is 47.0 Å². The smallest absolute Gasteiger partial charge is 0.224 e. The number of hydrogen-bond acceptors (Lipinski definition) is 4. The van der Waals surface area contributed by atoms with E-state index in [2.05, 4.69) is 15.3 Å². The molecule has 2 aromatic rings. The van der Waals surface area contributed by atoms with E-state index in [1.807, 2.05) is 6.92 Å². The first-order chi connectivity index (χ1) is 8.70. The molecule has 4 nitrogen and oxygen atoms in total. The van der Waals surface area contributed by atoms with Gasteiger partial charge in [0.25, 0.3) is 0 Å². The molecule has 0 amide bonds. The Balaban J connectivity index is 2.23. The lowest BCUT2D eigenvalue weighted by Crippen LogP contribution is -2.00. The first kappa shape index (κ1) is 12.6. The molecule has 0 aliphatic carbocycles. The third-order valence-electron chi connectivity index (χ3n) is 2.13. The largest absolute Gasteiger partial charge is 0.436 e. The number of benzene rings is 1. The molecule has 0 aliphatic rings. The number of aromatic nitrogens is 2. The zero-order chi connectivity index (χ0) is 13.0. The molecule has 0 bridgehead atoms. The van der Waals surface area contributed by atoms with Gasteiger partial charge in [-0.05, 0) is 19.1 Å². The molecule has 0 unspecified atom stereocenters. The normalized spacial score (nSPS) is 10.2. The number of nitrogens with one attached hydrogen (secondary N) is 1. The molecule has 6 heteroatoms. The molecule has 0 spiro atoms. The monoisotopic (exact) mass is 267 g/mol. The van der Waals surface area contributed by atoms with Crippen LogP contribution in [-0.4, -0.2) is 16.5 Å². The summed E-state index contributed by atoms with van der Waals surface area (Å²) in [6, 6.07) is 6.13. The van der Waals surface area contributed by atoms with E-state index in [1.165, 1.54) is 18.5 Å². The molecule has 1 aromatic heterocycles. The van der Waals surface area contributed by atoms with Gasteiger partial charge in [0.1, 0.15) is 12.1 Å². The number of halogens is 2. The lowest BCUT2D eigenvalue weighted by molar-refractivity contribution is 0.427. The van der Waals surface area contributed by atoms with Crippen LogP contribution in [0.5, 0.6) is 11.6 Å². The fourth-order valence-electron chi connectivity index (χ4n) is 1.35. The van der Waals surface area contributed by atoms with Gasteiger partial charge in [0.2, 0.25) is 5.88 Å². The number of nitrogens with zero attached hydrogens (tertiary/aromatic N) is 2. The van der Waals surface area contributed by atoms with Crippen molar-refractivity contribution >= 4 is 17.4 Å². The molecule has 1 N–H and O–H groups in total. The Hall–Kier alpha value is -1.88. The van der Waals surface area contributed by atoms with Crippen LogP contribution in [0.2, 0.25) is 5.02 Å². The lowest BCUT2D eigenvalue weighted by atomic mass is 10.3. The predicted octanol–water partition coefficient (Wildman–Crippen LogP) is 3.49. The molecular weight excluding hydrogens is 257 g/mol. The van der Waals surface area contributed by atoms with Crippen molar-refractivity contribution in [1.29, 1.82) is 0 Å². The standard InChI is InChI=1S/C12H11ClFN3O/c1-2-15-10-6-11(17-7-16-10)18-9-5-3-4-8(13)12(9)14/h3-7H,2H2,1H3,(H,15,16,17).